The predicted octanol–water partition coefficient (Wildman–Crippen LogP) is 0.0373. The van der Waals surface area contributed by atoms with Crippen molar-refractivity contribution in [1.29, 1.82) is 0 Å². The molecule has 0 saturated heterocycles. The Morgan fingerprint density at radius 1 is 1.53 bits per heavy atom. The van der Waals surface area contributed by atoms with Crippen molar-refractivity contribution < 1.29 is 23.5 Å². The molecule has 10 heteroatoms. The molecule has 1 heterocycles. The third kappa shape index (κ3) is 3.38. The van der Waals surface area contributed by atoms with E-state index in [4.69, 9.17) is 10.00 Å². The van der Waals surface area contributed by atoms with Crippen LogP contribution in [0, 0.1) is 5.92 Å². The van der Waals surface area contributed by atoms with Crippen molar-refractivity contribution in [3.63, 3.8) is 0 Å². The zero-order valence-corrected chi connectivity index (χ0v) is 10.7. The summed E-state index contributed by atoms with van der Waals surface area (Å²) in [4.78, 5) is 19.9. The molecule has 8 nitrogen and oxygen atoms in total. The van der Waals surface area contributed by atoms with Crippen LogP contribution in [-0.4, -0.2) is 49.9 Å². The maximum atomic E-state index is 14.1. The molecular weight excluding hydrogens is 278 g/mol. The largest absolute Gasteiger partial charge is 0.695 e. The number of hydrogen-bond acceptors (Lipinski definition) is 7. The fourth-order valence-electron chi connectivity index (χ4n) is 2.12. The quantitative estimate of drug-likeness (QED) is 0.651. The maximum Gasteiger partial charge on any atom is 0.695 e. The summed E-state index contributed by atoms with van der Waals surface area (Å²) in [6.07, 6.45) is 0.106. The monoisotopic (exact) mass is 291 g/mol. The van der Waals surface area contributed by atoms with Crippen LogP contribution in [0.15, 0.2) is 12.7 Å². The first-order chi connectivity index (χ1) is 9.11. The minimum absolute atomic E-state index is 0.202. The number of anilines is 1. The molecule has 104 valence electrons. The lowest BCUT2D eigenvalue weighted by molar-refractivity contribution is 0.0611. The Balaban J connectivity index is 2.05. The number of aliphatic hydroxyl groups is 1. The summed E-state index contributed by atoms with van der Waals surface area (Å²) in [7, 11) is -2.92. The highest BCUT2D eigenvalue weighted by Crippen LogP contribution is 2.37. The highest BCUT2D eigenvalue weighted by atomic mass is 31.1. The van der Waals surface area contributed by atoms with Gasteiger partial charge in [0, 0.05) is 17.1 Å². The first-order valence-electron chi connectivity index (χ1n) is 5.58. The van der Waals surface area contributed by atoms with Gasteiger partial charge in [-0.3, -0.25) is 0 Å². The van der Waals surface area contributed by atoms with E-state index in [0.29, 0.717) is 0 Å². The highest BCUT2D eigenvalue weighted by molar-refractivity contribution is 7.32. The molecule has 0 aliphatic heterocycles. The lowest BCUT2D eigenvalue weighted by atomic mass is 10.1. The summed E-state index contributed by atoms with van der Waals surface area (Å²) in [5.74, 6) is -0.353. The van der Waals surface area contributed by atoms with Crippen LogP contribution in [0.1, 0.15) is 6.42 Å². The maximum absolute atomic E-state index is 14.1. The topological polar surface area (TPSA) is 117 Å². The second-order valence-corrected chi connectivity index (χ2v) is 4.83. The van der Waals surface area contributed by atoms with Gasteiger partial charge in [-0.05, 0) is 6.42 Å². The van der Waals surface area contributed by atoms with Crippen LogP contribution in [0.25, 0.3) is 0 Å². The molecule has 0 radical (unpaired) electrons. The van der Waals surface area contributed by atoms with Crippen molar-refractivity contribution >= 4 is 14.2 Å². The van der Waals surface area contributed by atoms with Gasteiger partial charge < -0.3 is 10.4 Å². The number of alkyl halides is 1. The molecule has 1 fully saturated rings. The molecule has 1 saturated carbocycles. The third-order valence-corrected chi connectivity index (χ3v) is 3.40. The summed E-state index contributed by atoms with van der Waals surface area (Å²) < 4.78 is 29.4. The Morgan fingerprint density at radius 3 is 2.79 bits per heavy atom. The standard InChI is InChI=1S/C9H12FN4O4P/c10-7-6(14-9-12-3-11-4-13-9)1-5(2-15)8(7)18-19(16)17/h3-8,15H,1-2H2,(H-,11,12,13,14,16,17)/p+1/t5?,6-,7+,8-/m1/s1. The Kier molecular flexibility index (Phi) is 4.65. The SMILES string of the molecule is O=[P+](O)O[C@@H]1C(CO)C[C@@H](Nc2ncncn2)[C@@H]1F. The molecule has 19 heavy (non-hydrogen) atoms. The van der Waals surface area contributed by atoms with E-state index in [0.717, 1.165) is 0 Å². The molecule has 0 aromatic carbocycles. The Hall–Kier alpha value is -1.28. The van der Waals surface area contributed by atoms with E-state index < -0.39 is 32.5 Å². The van der Waals surface area contributed by atoms with Gasteiger partial charge >= 0.3 is 8.25 Å². The molecule has 0 amide bonds. The van der Waals surface area contributed by atoms with Gasteiger partial charge in [0.2, 0.25) is 5.95 Å². The molecule has 2 unspecified atom stereocenters. The van der Waals surface area contributed by atoms with E-state index in [1.54, 1.807) is 0 Å². The van der Waals surface area contributed by atoms with Gasteiger partial charge in [0.1, 0.15) is 12.7 Å². The van der Waals surface area contributed by atoms with Crippen LogP contribution in [0.4, 0.5) is 10.3 Å². The molecule has 3 N–H and O–H groups in total. The number of hydrogen-bond donors (Lipinski definition) is 3. The molecule has 1 aliphatic rings. The Bertz CT molecular complexity index is 439. The average molecular weight is 291 g/mol. The number of aliphatic hydroxyl groups excluding tert-OH is 1. The summed E-state index contributed by atoms with van der Waals surface area (Å²) in [5.41, 5.74) is 0. The predicted molar refractivity (Wildman–Crippen MR) is 62.0 cm³/mol. The zero-order chi connectivity index (χ0) is 13.8. The third-order valence-electron chi connectivity index (χ3n) is 2.97. The lowest BCUT2D eigenvalue weighted by Gasteiger charge is -2.15. The summed E-state index contributed by atoms with van der Waals surface area (Å²) in [6, 6.07) is -0.695. The van der Waals surface area contributed by atoms with Crippen LogP contribution >= 0.6 is 8.25 Å². The minimum atomic E-state index is -2.92. The van der Waals surface area contributed by atoms with E-state index in [9.17, 15) is 8.96 Å². The Morgan fingerprint density at radius 2 is 2.21 bits per heavy atom. The van der Waals surface area contributed by atoms with Crippen molar-refractivity contribution in [3.05, 3.63) is 12.7 Å². The first kappa shape index (κ1) is 14.1. The smallest absolute Gasteiger partial charge is 0.396 e. The van der Waals surface area contributed by atoms with Gasteiger partial charge in [-0.1, -0.05) is 0 Å². The molecule has 5 atom stereocenters. The van der Waals surface area contributed by atoms with Crippen molar-refractivity contribution in [2.24, 2.45) is 5.92 Å². The van der Waals surface area contributed by atoms with Crippen molar-refractivity contribution in [1.82, 2.24) is 15.0 Å². The number of halogens is 1. The van der Waals surface area contributed by atoms with E-state index >= 15 is 0 Å². The molecule has 0 bridgehead atoms. The fourth-order valence-corrected chi connectivity index (χ4v) is 2.62. The summed E-state index contributed by atoms with van der Waals surface area (Å²) >= 11 is 0. The van der Waals surface area contributed by atoms with Crippen molar-refractivity contribution in [3.8, 4) is 0 Å². The van der Waals surface area contributed by atoms with Crippen LogP contribution in [-0.2, 0) is 9.09 Å². The molecule has 0 spiro atoms. The molecule has 1 aliphatic carbocycles. The highest BCUT2D eigenvalue weighted by Gasteiger charge is 2.49. The number of nitrogens with zero attached hydrogens (tertiary/aromatic N) is 3. The number of nitrogens with one attached hydrogen (secondary N) is 1. The minimum Gasteiger partial charge on any atom is -0.396 e. The van der Waals surface area contributed by atoms with E-state index in [1.807, 2.05) is 0 Å². The van der Waals surface area contributed by atoms with Crippen molar-refractivity contribution in [2.75, 3.05) is 11.9 Å². The van der Waals surface area contributed by atoms with Crippen LogP contribution < -0.4 is 5.32 Å². The van der Waals surface area contributed by atoms with Gasteiger partial charge in [-0.25, -0.2) is 19.3 Å². The number of aromatic nitrogens is 3. The van der Waals surface area contributed by atoms with E-state index in [2.05, 4.69) is 24.8 Å². The van der Waals surface area contributed by atoms with Crippen LogP contribution in [0.3, 0.4) is 0 Å². The lowest BCUT2D eigenvalue weighted by Crippen LogP contribution is -2.33. The zero-order valence-electron chi connectivity index (χ0n) is 9.76. The van der Waals surface area contributed by atoms with Gasteiger partial charge in [0.25, 0.3) is 0 Å². The van der Waals surface area contributed by atoms with E-state index in [1.165, 1.54) is 12.7 Å². The van der Waals surface area contributed by atoms with Gasteiger partial charge in [0.05, 0.1) is 6.04 Å². The molecule has 1 aromatic rings. The van der Waals surface area contributed by atoms with Gasteiger partial charge in [-0.2, -0.15) is 0 Å². The normalized spacial score (nSPS) is 31.2. The molecule has 2 rings (SSSR count). The van der Waals surface area contributed by atoms with E-state index in [-0.39, 0.29) is 19.0 Å². The average Bonchev–Trinajstić information content (AvgIpc) is 2.68. The second kappa shape index (κ2) is 6.25. The molecular formula is C9H13FN4O4P+. The fraction of sp³-hybridized carbons (Fsp3) is 0.667. The van der Waals surface area contributed by atoms with Gasteiger partial charge in [0.15, 0.2) is 12.3 Å². The van der Waals surface area contributed by atoms with Gasteiger partial charge in [-0.15, -0.1) is 9.42 Å². The summed E-state index contributed by atoms with van der Waals surface area (Å²) in [6.45, 7) is -0.330. The van der Waals surface area contributed by atoms with Crippen LogP contribution in [0.2, 0.25) is 0 Å². The second-order valence-electron chi connectivity index (χ2n) is 4.14. The number of rotatable bonds is 5. The molecule has 1 aromatic heterocycles. The van der Waals surface area contributed by atoms with Crippen LogP contribution in [0.5, 0.6) is 0 Å². The Labute approximate surface area is 109 Å². The summed E-state index contributed by atoms with van der Waals surface area (Å²) in [5, 5.41) is 11.9. The van der Waals surface area contributed by atoms with Crippen molar-refractivity contribution in [2.45, 2.75) is 24.7 Å². The first-order valence-corrected chi connectivity index (χ1v) is 6.71.